The maximum absolute atomic E-state index is 14.1. The molecule has 8 nitrogen and oxygen atoms in total. The van der Waals surface area contributed by atoms with Gasteiger partial charge in [0.2, 0.25) is 5.78 Å². The highest BCUT2D eigenvalue weighted by Gasteiger charge is 2.75. The van der Waals surface area contributed by atoms with Crippen molar-refractivity contribution < 1.29 is 33.7 Å². The molecule has 1 saturated heterocycles. The van der Waals surface area contributed by atoms with Crippen molar-refractivity contribution >= 4 is 29.4 Å². The first kappa shape index (κ1) is 29.8. The molecule has 0 spiro atoms. The average molecular weight is 576 g/mol. The van der Waals surface area contributed by atoms with Crippen molar-refractivity contribution in [3.63, 3.8) is 0 Å². The second-order valence-electron chi connectivity index (χ2n) is 13.0. The molecule has 1 aliphatic heterocycles. The number of hydrogen-bond donors (Lipinski definition) is 2. The number of aliphatic hydroxyl groups excluding tert-OH is 1. The maximum atomic E-state index is 14.1. The number of carbonyl (C=O) groups is 3. The molecule has 1 heterocycles. The van der Waals surface area contributed by atoms with E-state index in [9.17, 15) is 19.5 Å². The van der Waals surface area contributed by atoms with Gasteiger partial charge in [0.15, 0.2) is 24.3 Å². The third-order valence-electron chi connectivity index (χ3n) is 10.4. The lowest BCUT2D eigenvalue weighted by Crippen LogP contribution is -2.63. The Morgan fingerprint density at radius 1 is 1.30 bits per heavy atom. The topological polar surface area (TPSA) is 111 Å². The molecule has 0 aromatic heterocycles. The zero-order valence-corrected chi connectivity index (χ0v) is 25.3. The molecule has 222 valence electrons. The van der Waals surface area contributed by atoms with Gasteiger partial charge in [-0.15, -0.1) is 0 Å². The number of fused-ring (bicyclic) bond motifs is 7. The van der Waals surface area contributed by atoms with Gasteiger partial charge in [-0.2, -0.15) is 11.8 Å². The molecule has 0 bridgehead atoms. The number of aliphatic hydroxyl groups is 1. The van der Waals surface area contributed by atoms with Crippen molar-refractivity contribution in [1.82, 2.24) is 5.32 Å². The molecule has 0 aromatic carbocycles. The summed E-state index contributed by atoms with van der Waals surface area (Å²) in [5.74, 6) is 0.656. The zero-order valence-electron chi connectivity index (χ0n) is 24.4. The highest BCUT2D eigenvalue weighted by Crippen LogP contribution is 2.69. The number of alkyl carbamates (subject to hydrolysis) is 1. The second-order valence-corrected chi connectivity index (χ2v) is 14.7. The van der Waals surface area contributed by atoms with Gasteiger partial charge in [0.05, 0.1) is 12.2 Å². The average Bonchev–Trinajstić information content (AvgIpc) is 3.37. The van der Waals surface area contributed by atoms with E-state index in [1.165, 1.54) is 0 Å². The maximum Gasteiger partial charge on any atom is 0.407 e. The minimum atomic E-state index is -1.29. The second kappa shape index (κ2) is 11.2. The first-order valence-corrected chi connectivity index (χ1v) is 16.0. The molecule has 9 atom stereocenters. The molecule has 0 aromatic rings. The number of hydrogen-bond acceptors (Lipinski definition) is 8. The Hall–Kier alpha value is -1.68. The minimum Gasteiger partial charge on any atom is -0.441 e. The third-order valence-corrected chi connectivity index (χ3v) is 11.5. The molecule has 4 aliphatic carbocycles. The summed E-state index contributed by atoms with van der Waals surface area (Å²) in [6.45, 7) is 10.5. The lowest BCUT2D eigenvalue weighted by atomic mass is 9.46. The predicted molar refractivity (Wildman–Crippen MR) is 153 cm³/mol. The smallest absolute Gasteiger partial charge is 0.407 e. The zero-order chi connectivity index (χ0) is 28.9. The Balaban J connectivity index is 1.38. The molecule has 2 N–H and O–H groups in total. The third kappa shape index (κ3) is 4.78. The van der Waals surface area contributed by atoms with Crippen LogP contribution in [-0.4, -0.2) is 71.0 Å². The van der Waals surface area contributed by atoms with Crippen LogP contribution in [0.3, 0.4) is 0 Å². The summed E-state index contributed by atoms with van der Waals surface area (Å²) in [7, 11) is 0. The number of ether oxygens (including phenoxy) is 3. The summed E-state index contributed by atoms with van der Waals surface area (Å²) in [4.78, 5) is 38.7. The molecule has 1 amide bonds. The Kier molecular flexibility index (Phi) is 8.34. The first-order chi connectivity index (χ1) is 19.0. The van der Waals surface area contributed by atoms with Crippen LogP contribution in [0.15, 0.2) is 23.8 Å². The van der Waals surface area contributed by atoms with E-state index in [0.717, 1.165) is 30.6 Å². The lowest BCUT2D eigenvalue weighted by Gasteiger charge is -2.59. The summed E-state index contributed by atoms with van der Waals surface area (Å²) in [5.41, 5.74) is -1.27. The Morgan fingerprint density at radius 3 is 2.80 bits per heavy atom. The fourth-order valence-corrected chi connectivity index (χ4v) is 9.43. The molecule has 1 unspecified atom stereocenters. The standard InChI is InChI=1S/C31H45NO7S/c1-6-7-26-38-25-15-22-21-9-8-19-14-20(33)10-11-29(19,4)27(21)23(34)16-30(22,5)31(25,39-26)24(35)17-37-28(36)32-12-13-40-18(2)3/h10-11,14,18,21-23,25-27,34H,6-9,12-13,15-17H2,1-5H3,(H,32,36)/t21-,22-,23-,25+,26?,27+,29-,30-,31+/m0/s1. The molecule has 5 rings (SSSR count). The highest BCUT2D eigenvalue weighted by atomic mass is 32.2. The van der Waals surface area contributed by atoms with Crippen molar-refractivity contribution in [3.05, 3.63) is 23.8 Å². The number of Topliss-reactive ketones (excluding diaryl/α,β-unsaturated/α-hetero) is 1. The van der Waals surface area contributed by atoms with E-state index in [1.54, 1.807) is 23.9 Å². The monoisotopic (exact) mass is 575 g/mol. The Bertz CT molecular complexity index is 1090. The van der Waals surface area contributed by atoms with E-state index in [4.69, 9.17) is 14.2 Å². The van der Waals surface area contributed by atoms with Crippen LogP contribution in [0.2, 0.25) is 0 Å². The fourth-order valence-electron chi connectivity index (χ4n) is 8.74. The number of nitrogens with one attached hydrogen (secondary N) is 1. The summed E-state index contributed by atoms with van der Waals surface area (Å²) >= 11 is 1.74. The lowest BCUT2D eigenvalue weighted by molar-refractivity contribution is -0.200. The van der Waals surface area contributed by atoms with Crippen molar-refractivity contribution in [2.24, 2.45) is 28.6 Å². The quantitative estimate of drug-likeness (QED) is 0.384. The van der Waals surface area contributed by atoms with Gasteiger partial charge in [-0.25, -0.2) is 4.79 Å². The molecule has 4 fully saturated rings. The SMILES string of the molecule is CCCC1O[C@@H]2C[C@H]3[C@@H]4CCC5=CC(=O)C=C[C@]5(C)[C@H]4[C@@H](O)C[C@]3(C)[C@]2(C(=O)COC(=O)NCCSC(C)C)O1. The predicted octanol–water partition coefficient (Wildman–Crippen LogP) is 4.59. The van der Waals surface area contributed by atoms with E-state index in [1.807, 2.05) is 6.08 Å². The summed E-state index contributed by atoms with van der Waals surface area (Å²) in [6, 6.07) is 0. The van der Waals surface area contributed by atoms with E-state index < -0.39 is 47.6 Å². The molecule has 3 saturated carbocycles. The van der Waals surface area contributed by atoms with E-state index in [0.29, 0.717) is 31.1 Å². The normalized spacial score (nSPS) is 41.6. The van der Waals surface area contributed by atoms with Crippen LogP contribution in [0.1, 0.15) is 73.1 Å². The number of carbonyl (C=O) groups excluding carboxylic acids is 3. The van der Waals surface area contributed by atoms with Gasteiger partial charge in [-0.05, 0) is 61.3 Å². The molecule has 40 heavy (non-hydrogen) atoms. The van der Waals surface area contributed by atoms with Crippen molar-refractivity contribution in [2.45, 2.75) is 102 Å². The van der Waals surface area contributed by atoms with Crippen LogP contribution in [0.4, 0.5) is 4.79 Å². The van der Waals surface area contributed by atoms with Gasteiger partial charge in [0, 0.05) is 29.0 Å². The van der Waals surface area contributed by atoms with Gasteiger partial charge in [0.25, 0.3) is 0 Å². The van der Waals surface area contributed by atoms with E-state index >= 15 is 0 Å². The summed E-state index contributed by atoms with van der Waals surface area (Å²) < 4.78 is 18.5. The molecule has 0 radical (unpaired) electrons. The highest BCUT2D eigenvalue weighted by molar-refractivity contribution is 7.99. The van der Waals surface area contributed by atoms with Crippen LogP contribution in [-0.2, 0) is 23.8 Å². The molecule has 9 heteroatoms. The Morgan fingerprint density at radius 2 is 2.08 bits per heavy atom. The minimum absolute atomic E-state index is 0.00693. The Labute approximate surface area is 242 Å². The van der Waals surface area contributed by atoms with Gasteiger partial charge in [-0.3, -0.25) is 9.59 Å². The number of ketones is 2. The fraction of sp³-hybridized carbons (Fsp3) is 0.774. The number of rotatable bonds is 9. The van der Waals surface area contributed by atoms with Gasteiger partial charge in [-0.1, -0.05) is 52.7 Å². The molecular formula is C31H45NO7S. The summed E-state index contributed by atoms with van der Waals surface area (Å²) in [6.07, 6.45) is 7.29. The van der Waals surface area contributed by atoms with Gasteiger partial charge >= 0.3 is 6.09 Å². The van der Waals surface area contributed by atoms with Crippen LogP contribution in [0, 0.1) is 28.6 Å². The van der Waals surface area contributed by atoms with Gasteiger partial charge in [0.1, 0.15) is 0 Å². The van der Waals surface area contributed by atoms with Crippen molar-refractivity contribution in [2.75, 3.05) is 18.9 Å². The van der Waals surface area contributed by atoms with E-state index in [-0.39, 0.29) is 29.3 Å². The molecule has 5 aliphatic rings. The number of allylic oxidation sites excluding steroid dienone is 4. The molecular weight excluding hydrogens is 530 g/mol. The van der Waals surface area contributed by atoms with Gasteiger partial charge < -0.3 is 24.6 Å². The van der Waals surface area contributed by atoms with Crippen LogP contribution >= 0.6 is 11.8 Å². The number of thioether (sulfide) groups is 1. The largest absolute Gasteiger partial charge is 0.441 e. The first-order valence-electron chi connectivity index (χ1n) is 15.0. The van der Waals surface area contributed by atoms with E-state index in [2.05, 4.69) is 39.9 Å². The van der Waals surface area contributed by atoms with Crippen LogP contribution in [0.5, 0.6) is 0 Å². The number of amides is 1. The van der Waals surface area contributed by atoms with Crippen LogP contribution in [0.25, 0.3) is 0 Å². The van der Waals surface area contributed by atoms with Crippen LogP contribution < -0.4 is 5.32 Å². The van der Waals surface area contributed by atoms with Crippen molar-refractivity contribution in [1.29, 1.82) is 0 Å². The van der Waals surface area contributed by atoms with Crippen molar-refractivity contribution in [3.8, 4) is 0 Å². The summed E-state index contributed by atoms with van der Waals surface area (Å²) in [5, 5.41) is 15.0.